The van der Waals surface area contributed by atoms with Crippen LogP contribution in [0.25, 0.3) is 0 Å². The molecule has 2 amide bonds. The molecule has 0 aromatic heterocycles. The first-order valence-corrected chi connectivity index (χ1v) is 12.3. The van der Waals surface area contributed by atoms with E-state index in [-0.39, 0.29) is 22.8 Å². The first-order valence-electron chi connectivity index (χ1n) is 10.3. The summed E-state index contributed by atoms with van der Waals surface area (Å²) in [6, 6.07) is 12.9. The highest BCUT2D eigenvalue weighted by Gasteiger charge is 2.27. The van der Waals surface area contributed by atoms with E-state index >= 15 is 0 Å². The van der Waals surface area contributed by atoms with Crippen molar-refractivity contribution in [2.45, 2.75) is 24.3 Å². The van der Waals surface area contributed by atoms with Crippen LogP contribution in [0.2, 0.25) is 5.02 Å². The number of piperazine rings is 1. The molecule has 3 rings (SSSR count). The topological polar surface area (TPSA) is 113 Å². The Balaban J connectivity index is 1.44. The van der Waals surface area contributed by atoms with Crippen LogP contribution in [-0.4, -0.2) is 68.8 Å². The van der Waals surface area contributed by atoms with Crippen molar-refractivity contribution in [1.29, 1.82) is 0 Å². The van der Waals surface area contributed by atoms with E-state index in [1.807, 2.05) is 6.92 Å². The molecule has 0 bridgehead atoms. The third-order valence-corrected chi connectivity index (χ3v) is 6.73. The molecule has 8 nitrogen and oxygen atoms in total. The number of rotatable bonds is 7. The summed E-state index contributed by atoms with van der Waals surface area (Å²) in [7, 11) is -3.71. The van der Waals surface area contributed by atoms with E-state index in [9.17, 15) is 18.0 Å². The van der Waals surface area contributed by atoms with Gasteiger partial charge in [0.15, 0.2) is 0 Å². The van der Waals surface area contributed by atoms with E-state index < -0.39 is 10.0 Å². The third kappa shape index (κ3) is 6.29. The van der Waals surface area contributed by atoms with Gasteiger partial charge in [-0.25, -0.2) is 13.6 Å². The lowest BCUT2D eigenvalue weighted by molar-refractivity contribution is -0.126. The highest BCUT2D eigenvalue weighted by molar-refractivity contribution is 7.89. The predicted octanol–water partition coefficient (Wildman–Crippen LogP) is 1.49. The van der Waals surface area contributed by atoms with Crippen molar-refractivity contribution >= 4 is 33.4 Å². The molecule has 10 heteroatoms. The largest absolute Gasteiger partial charge is 0.354 e. The second kappa shape index (κ2) is 10.4. The number of benzene rings is 2. The number of primary sulfonamides is 1. The number of carbonyl (C=O) groups is 2. The van der Waals surface area contributed by atoms with Crippen LogP contribution in [0.4, 0.5) is 0 Å². The van der Waals surface area contributed by atoms with Crippen molar-refractivity contribution in [2.75, 3.05) is 32.7 Å². The molecule has 32 heavy (non-hydrogen) atoms. The van der Waals surface area contributed by atoms with Gasteiger partial charge in [-0.05, 0) is 49.2 Å². The molecule has 172 valence electrons. The molecule has 1 saturated heterocycles. The number of amides is 2. The van der Waals surface area contributed by atoms with Crippen LogP contribution in [0.1, 0.15) is 22.8 Å². The average Bonchev–Trinajstić information content (AvgIpc) is 2.78. The Kier molecular flexibility index (Phi) is 7.89. The Bertz CT molecular complexity index is 1070. The minimum Gasteiger partial charge on any atom is -0.354 e. The fourth-order valence-electron chi connectivity index (χ4n) is 3.61. The van der Waals surface area contributed by atoms with Crippen molar-refractivity contribution in [3.05, 3.63) is 64.7 Å². The fraction of sp³-hybridized carbons (Fsp3) is 0.364. The lowest BCUT2D eigenvalue weighted by atomic mass is 10.1. The van der Waals surface area contributed by atoms with E-state index in [2.05, 4.69) is 10.2 Å². The molecule has 1 fully saturated rings. The lowest BCUT2D eigenvalue weighted by Gasteiger charge is -2.37. The molecule has 0 saturated carbocycles. The fourth-order valence-corrected chi connectivity index (χ4v) is 4.31. The first kappa shape index (κ1) is 24.2. The summed E-state index contributed by atoms with van der Waals surface area (Å²) in [5, 5.41) is 8.54. The SMILES string of the molecule is CC(C(=O)NCCc1ccc(S(N)(=O)=O)cc1)N1CCN(C(=O)c2cccc(Cl)c2)CC1. The second-order valence-corrected chi connectivity index (χ2v) is 9.74. The number of nitrogens with two attached hydrogens (primary N) is 1. The first-order chi connectivity index (χ1) is 15.1. The maximum absolute atomic E-state index is 12.6. The molecule has 1 unspecified atom stereocenters. The minimum atomic E-state index is -3.71. The van der Waals surface area contributed by atoms with Crippen molar-refractivity contribution in [3.63, 3.8) is 0 Å². The van der Waals surface area contributed by atoms with Gasteiger partial charge in [-0.15, -0.1) is 0 Å². The van der Waals surface area contributed by atoms with E-state index in [1.54, 1.807) is 41.3 Å². The van der Waals surface area contributed by atoms with Crippen molar-refractivity contribution in [3.8, 4) is 0 Å². The summed E-state index contributed by atoms with van der Waals surface area (Å²) in [5.74, 6) is -0.140. The summed E-state index contributed by atoms with van der Waals surface area (Å²) in [6.45, 7) is 4.58. The number of hydrogen-bond acceptors (Lipinski definition) is 5. The summed E-state index contributed by atoms with van der Waals surface area (Å²) >= 11 is 5.98. The quantitative estimate of drug-likeness (QED) is 0.626. The number of hydrogen-bond donors (Lipinski definition) is 2. The zero-order valence-electron chi connectivity index (χ0n) is 17.8. The maximum atomic E-state index is 12.6. The van der Waals surface area contributed by atoms with Crippen molar-refractivity contribution in [1.82, 2.24) is 15.1 Å². The molecule has 1 aliphatic rings. The highest BCUT2D eigenvalue weighted by atomic mass is 35.5. The zero-order chi connectivity index (χ0) is 23.3. The average molecular weight is 479 g/mol. The van der Waals surface area contributed by atoms with Crippen molar-refractivity contribution < 1.29 is 18.0 Å². The van der Waals surface area contributed by atoms with E-state index in [0.717, 1.165) is 5.56 Å². The molecular weight excluding hydrogens is 452 g/mol. The van der Waals surface area contributed by atoms with Gasteiger partial charge in [0.05, 0.1) is 10.9 Å². The van der Waals surface area contributed by atoms with E-state index in [1.165, 1.54) is 12.1 Å². The van der Waals surface area contributed by atoms with Crippen LogP contribution in [0.5, 0.6) is 0 Å². The molecule has 3 N–H and O–H groups in total. The van der Waals surface area contributed by atoms with Gasteiger partial charge in [-0.2, -0.15) is 0 Å². The van der Waals surface area contributed by atoms with Gasteiger partial charge >= 0.3 is 0 Å². The number of nitrogens with one attached hydrogen (secondary N) is 1. The molecule has 0 radical (unpaired) electrons. The molecular formula is C22H27ClN4O4S. The molecule has 0 aliphatic carbocycles. The summed E-state index contributed by atoms with van der Waals surface area (Å²) in [5.41, 5.74) is 1.47. The number of carbonyl (C=O) groups excluding carboxylic acids is 2. The van der Waals surface area contributed by atoms with Crippen LogP contribution in [0.3, 0.4) is 0 Å². The second-order valence-electron chi connectivity index (χ2n) is 7.74. The van der Waals surface area contributed by atoms with Gasteiger partial charge in [0.2, 0.25) is 15.9 Å². The Morgan fingerprint density at radius 3 is 2.34 bits per heavy atom. The monoisotopic (exact) mass is 478 g/mol. The molecule has 1 atom stereocenters. The third-order valence-electron chi connectivity index (χ3n) is 5.56. The van der Waals surface area contributed by atoms with Gasteiger partial charge in [-0.3, -0.25) is 14.5 Å². The zero-order valence-corrected chi connectivity index (χ0v) is 19.4. The highest BCUT2D eigenvalue weighted by Crippen LogP contribution is 2.15. The van der Waals surface area contributed by atoms with Gasteiger partial charge in [0.25, 0.3) is 5.91 Å². The summed E-state index contributed by atoms with van der Waals surface area (Å²) in [4.78, 5) is 29.1. The van der Waals surface area contributed by atoms with Crippen LogP contribution in [-0.2, 0) is 21.2 Å². The smallest absolute Gasteiger partial charge is 0.253 e. The van der Waals surface area contributed by atoms with Crippen molar-refractivity contribution in [2.24, 2.45) is 5.14 Å². The Morgan fingerprint density at radius 1 is 1.09 bits per heavy atom. The van der Waals surface area contributed by atoms with Crippen LogP contribution in [0.15, 0.2) is 53.4 Å². The van der Waals surface area contributed by atoms with Crippen LogP contribution < -0.4 is 10.5 Å². The van der Waals surface area contributed by atoms with Gasteiger partial charge in [0.1, 0.15) is 0 Å². The van der Waals surface area contributed by atoms with E-state index in [4.69, 9.17) is 16.7 Å². The number of halogens is 1. The maximum Gasteiger partial charge on any atom is 0.253 e. The van der Waals surface area contributed by atoms with Gasteiger partial charge < -0.3 is 10.2 Å². The minimum absolute atomic E-state index is 0.0577. The van der Waals surface area contributed by atoms with Gasteiger partial charge in [-0.1, -0.05) is 29.8 Å². The Labute approximate surface area is 193 Å². The standard InChI is InChI=1S/C22H27ClN4O4S/c1-16(21(28)25-10-9-17-5-7-20(8-6-17)32(24,30)31)26-11-13-27(14-12-26)22(29)18-3-2-4-19(23)15-18/h2-8,15-16H,9-14H2,1H3,(H,25,28)(H2,24,30,31). The Morgan fingerprint density at radius 2 is 1.75 bits per heavy atom. The summed E-state index contributed by atoms with van der Waals surface area (Å²) in [6.07, 6.45) is 0.575. The normalized spacial score (nSPS) is 15.9. The molecule has 2 aromatic rings. The van der Waals surface area contributed by atoms with Crippen LogP contribution >= 0.6 is 11.6 Å². The number of sulfonamides is 1. The molecule has 1 aliphatic heterocycles. The lowest BCUT2D eigenvalue weighted by Crippen LogP contribution is -2.55. The predicted molar refractivity (Wildman–Crippen MR) is 123 cm³/mol. The van der Waals surface area contributed by atoms with Crippen LogP contribution in [0, 0.1) is 0 Å². The molecule has 0 spiro atoms. The van der Waals surface area contributed by atoms with E-state index in [0.29, 0.717) is 49.7 Å². The summed E-state index contributed by atoms with van der Waals surface area (Å²) < 4.78 is 22.6. The van der Waals surface area contributed by atoms with Gasteiger partial charge in [0, 0.05) is 43.3 Å². The Hall–Kier alpha value is -2.46. The molecule has 1 heterocycles. The molecule has 2 aromatic carbocycles. The number of nitrogens with zero attached hydrogens (tertiary/aromatic N) is 2.